The van der Waals surface area contributed by atoms with Gasteiger partial charge in [-0.15, -0.1) is 0 Å². The van der Waals surface area contributed by atoms with E-state index in [1.807, 2.05) is 25.1 Å². The lowest BCUT2D eigenvalue weighted by atomic mass is 9.83. The Morgan fingerprint density at radius 2 is 1.77 bits per heavy atom. The highest BCUT2D eigenvalue weighted by Gasteiger charge is 2.42. The number of ether oxygens (including phenoxy) is 1. The van der Waals surface area contributed by atoms with Gasteiger partial charge in [0.25, 0.3) is 0 Å². The third kappa shape index (κ3) is 8.33. The number of nitrogens with one attached hydrogen (secondary N) is 3. The van der Waals surface area contributed by atoms with E-state index in [1.165, 1.54) is 0 Å². The number of alkyl carbamates (subject to hydrolysis) is 1. The molecule has 10 nitrogen and oxygen atoms in total. The minimum Gasteiger partial charge on any atom is -0.444 e. The van der Waals surface area contributed by atoms with Crippen LogP contribution >= 0.6 is 0 Å². The summed E-state index contributed by atoms with van der Waals surface area (Å²) in [5.41, 5.74) is 5.38. The van der Waals surface area contributed by atoms with Gasteiger partial charge in [0.1, 0.15) is 17.7 Å². The number of amides is 1. The first-order valence-corrected chi connectivity index (χ1v) is 18.8. The lowest BCUT2D eigenvalue weighted by molar-refractivity contribution is 0.0535. The standard InChI is InChI=1S/C37H45N7O3Si/c1-24-16-25(12-11-14-41-34(45)47-35(2,3)4)27(20-38)19-31(24)44-33-40-15-13-30(43-33)26-17-28(21-39)32-29(18-26)37(8,22-42-32)23-46-48(9,10)36(5,6)7/h13,15-19,42H,14,22-23H2,1-10H3,(H,41,45)(H,40,43,44)/t37-/m1/s1. The number of nitriles is 2. The Labute approximate surface area is 285 Å². The summed E-state index contributed by atoms with van der Waals surface area (Å²) < 4.78 is 11.9. The number of anilines is 3. The molecule has 0 aliphatic carbocycles. The zero-order valence-electron chi connectivity index (χ0n) is 29.6. The number of benzene rings is 2. The summed E-state index contributed by atoms with van der Waals surface area (Å²) in [5, 5.41) is 29.3. The Hall–Kier alpha value is -4.89. The molecular weight excluding hydrogens is 619 g/mol. The molecule has 3 aromatic rings. The van der Waals surface area contributed by atoms with Crippen LogP contribution in [0.15, 0.2) is 36.5 Å². The minimum absolute atomic E-state index is 0.0779. The lowest BCUT2D eigenvalue weighted by Gasteiger charge is -2.39. The monoisotopic (exact) mass is 663 g/mol. The molecule has 0 saturated carbocycles. The first-order chi connectivity index (χ1) is 22.4. The predicted octanol–water partition coefficient (Wildman–Crippen LogP) is 7.52. The number of carbonyl (C=O) groups excluding carboxylic acids is 1. The highest BCUT2D eigenvalue weighted by Crippen LogP contribution is 2.44. The van der Waals surface area contributed by atoms with Crippen LogP contribution in [0.5, 0.6) is 0 Å². The molecule has 1 atom stereocenters. The normalized spacial score (nSPS) is 15.6. The van der Waals surface area contributed by atoms with Gasteiger partial charge < -0.3 is 25.1 Å². The van der Waals surface area contributed by atoms with Crippen LogP contribution in [0.1, 0.15) is 76.3 Å². The fourth-order valence-corrected chi connectivity index (χ4v) is 6.03. The molecule has 0 radical (unpaired) electrons. The number of aryl methyl sites for hydroxylation is 1. The van der Waals surface area contributed by atoms with Gasteiger partial charge in [-0.05, 0) is 87.3 Å². The zero-order chi connectivity index (χ0) is 35.5. The van der Waals surface area contributed by atoms with Gasteiger partial charge in [-0.1, -0.05) is 39.5 Å². The molecule has 250 valence electrons. The van der Waals surface area contributed by atoms with Gasteiger partial charge >= 0.3 is 6.09 Å². The van der Waals surface area contributed by atoms with Gasteiger partial charge in [0.05, 0.1) is 29.1 Å². The second-order valence-electron chi connectivity index (χ2n) is 14.9. The van der Waals surface area contributed by atoms with E-state index in [9.17, 15) is 15.3 Å². The van der Waals surface area contributed by atoms with Crippen LogP contribution in [0, 0.1) is 41.4 Å². The molecule has 1 aromatic heterocycles. The van der Waals surface area contributed by atoms with E-state index in [0.717, 1.165) is 22.4 Å². The molecule has 0 saturated heterocycles. The van der Waals surface area contributed by atoms with Crippen LogP contribution in [-0.4, -0.2) is 49.7 Å². The molecular formula is C37H45N7O3Si. The van der Waals surface area contributed by atoms with Crippen molar-refractivity contribution in [1.29, 1.82) is 10.5 Å². The lowest BCUT2D eigenvalue weighted by Crippen LogP contribution is -2.45. The second-order valence-corrected chi connectivity index (χ2v) is 19.7. The van der Waals surface area contributed by atoms with Crippen LogP contribution in [0.3, 0.4) is 0 Å². The van der Waals surface area contributed by atoms with Crippen molar-refractivity contribution in [3.63, 3.8) is 0 Å². The molecule has 0 unspecified atom stereocenters. The Bertz CT molecular complexity index is 1870. The van der Waals surface area contributed by atoms with Crippen LogP contribution in [0.4, 0.5) is 22.1 Å². The summed E-state index contributed by atoms with van der Waals surface area (Å²) in [6.45, 7) is 21.9. The van der Waals surface area contributed by atoms with Gasteiger partial charge in [-0.25, -0.2) is 14.8 Å². The molecule has 2 heterocycles. The molecule has 1 aliphatic heterocycles. The summed E-state index contributed by atoms with van der Waals surface area (Å²) >= 11 is 0. The van der Waals surface area contributed by atoms with Gasteiger partial charge in [0.15, 0.2) is 8.32 Å². The molecule has 3 N–H and O–H groups in total. The topological polar surface area (TPSA) is 145 Å². The Kier molecular flexibility index (Phi) is 10.2. The summed E-state index contributed by atoms with van der Waals surface area (Å²) in [5.74, 6) is 6.19. The maximum absolute atomic E-state index is 11.9. The summed E-state index contributed by atoms with van der Waals surface area (Å²) in [4.78, 5) is 21.1. The van der Waals surface area contributed by atoms with Crippen molar-refractivity contribution >= 4 is 31.7 Å². The van der Waals surface area contributed by atoms with Crippen molar-refractivity contribution in [1.82, 2.24) is 15.3 Å². The van der Waals surface area contributed by atoms with E-state index in [4.69, 9.17) is 14.1 Å². The first kappa shape index (κ1) is 36.0. The van der Waals surface area contributed by atoms with Gasteiger partial charge in [-0.3, -0.25) is 0 Å². The SMILES string of the molecule is Cc1cc(C#CCNC(=O)OC(C)(C)C)c(C#N)cc1Nc1nccc(-c2cc(C#N)c3c(c2)[C@@](C)(CO[Si](C)(C)C(C)(C)C)CN3)n1. The number of hydrogen-bond donors (Lipinski definition) is 3. The van der Waals surface area contributed by atoms with E-state index in [1.54, 1.807) is 33.0 Å². The number of rotatable bonds is 7. The highest BCUT2D eigenvalue weighted by molar-refractivity contribution is 6.74. The Balaban J connectivity index is 1.57. The smallest absolute Gasteiger partial charge is 0.408 e. The fourth-order valence-electron chi connectivity index (χ4n) is 4.92. The van der Waals surface area contributed by atoms with Gasteiger partial charge in [-0.2, -0.15) is 10.5 Å². The van der Waals surface area contributed by atoms with E-state index < -0.39 is 20.0 Å². The van der Waals surface area contributed by atoms with Crippen LogP contribution in [0.2, 0.25) is 18.1 Å². The largest absolute Gasteiger partial charge is 0.444 e. The van der Waals surface area contributed by atoms with Crippen LogP contribution in [-0.2, 0) is 14.6 Å². The molecule has 2 aromatic carbocycles. The number of nitrogens with zero attached hydrogens (tertiary/aromatic N) is 4. The van der Waals surface area contributed by atoms with Crippen molar-refractivity contribution in [2.45, 2.75) is 84.5 Å². The number of hydrogen-bond acceptors (Lipinski definition) is 9. The molecule has 1 aliphatic rings. The molecule has 0 spiro atoms. The molecule has 11 heteroatoms. The third-order valence-corrected chi connectivity index (χ3v) is 13.2. The average Bonchev–Trinajstić information content (AvgIpc) is 3.34. The van der Waals surface area contributed by atoms with Crippen molar-refractivity contribution in [3.8, 4) is 35.2 Å². The Morgan fingerprint density at radius 1 is 1.06 bits per heavy atom. The van der Waals surface area contributed by atoms with Gasteiger partial charge in [0, 0.05) is 41.6 Å². The number of fused-ring (bicyclic) bond motifs is 1. The molecule has 0 fully saturated rings. The minimum atomic E-state index is -1.99. The molecule has 1 amide bonds. The third-order valence-electron chi connectivity index (χ3n) is 8.75. The van der Waals surface area contributed by atoms with Crippen molar-refractivity contribution in [2.75, 3.05) is 30.3 Å². The Morgan fingerprint density at radius 3 is 2.42 bits per heavy atom. The zero-order valence-corrected chi connectivity index (χ0v) is 30.6. The second kappa shape index (κ2) is 13.7. The first-order valence-electron chi connectivity index (χ1n) is 15.9. The van der Waals surface area contributed by atoms with Crippen molar-refractivity contribution in [2.24, 2.45) is 0 Å². The van der Waals surface area contributed by atoms with Crippen LogP contribution in [0.25, 0.3) is 11.3 Å². The average molecular weight is 664 g/mol. The fraction of sp³-hybridized carbons (Fsp3) is 0.432. The van der Waals surface area contributed by atoms with Crippen molar-refractivity contribution < 1.29 is 14.0 Å². The van der Waals surface area contributed by atoms with Crippen molar-refractivity contribution in [3.05, 3.63) is 64.3 Å². The molecule has 0 bridgehead atoms. The maximum Gasteiger partial charge on any atom is 0.408 e. The van der Waals surface area contributed by atoms with Gasteiger partial charge in [0.2, 0.25) is 5.95 Å². The molecule has 48 heavy (non-hydrogen) atoms. The van der Waals surface area contributed by atoms with E-state index in [-0.39, 0.29) is 17.0 Å². The number of carbonyl (C=O) groups is 1. The highest BCUT2D eigenvalue weighted by atomic mass is 28.4. The summed E-state index contributed by atoms with van der Waals surface area (Å²) in [7, 11) is -1.99. The van der Waals surface area contributed by atoms with E-state index >= 15 is 0 Å². The summed E-state index contributed by atoms with van der Waals surface area (Å²) in [6, 6.07) is 13.8. The molecule has 4 rings (SSSR count). The van der Waals surface area contributed by atoms with Crippen LogP contribution < -0.4 is 16.0 Å². The maximum atomic E-state index is 11.9. The quantitative estimate of drug-likeness (QED) is 0.173. The number of aromatic nitrogens is 2. The van der Waals surface area contributed by atoms with E-state index in [2.05, 4.69) is 91.8 Å². The predicted molar refractivity (Wildman–Crippen MR) is 191 cm³/mol. The van der Waals surface area contributed by atoms with E-state index in [0.29, 0.717) is 47.2 Å². The summed E-state index contributed by atoms with van der Waals surface area (Å²) in [6.07, 6.45) is 1.11.